The van der Waals surface area contributed by atoms with Gasteiger partial charge < -0.3 is 14.2 Å². The molecule has 0 saturated carbocycles. The van der Waals surface area contributed by atoms with Crippen molar-refractivity contribution in [2.75, 3.05) is 34.4 Å². The Balaban J connectivity index is 1.77. The Hall–Kier alpha value is -2.26. The highest BCUT2D eigenvalue weighted by molar-refractivity contribution is 8.00. The Labute approximate surface area is 174 Å². The van der Waals surface area contributed by atoms with Gasteiger partial charge in [0, 0.05) is 0 Å². The second kappa shape index (κ2) is 8.23. The first-order valence-corrected chi connectivity index (χ1v) is 10.6. The molecule has 0 spiro atoms. The number of fused-ring (bicyclic) bond motifs is 1. The van der Waals surface area contributed by atoms with E-state index in [2.05, 4.69) is 21.9 Å². The number of methoxy groups -OCH3 is 3. The standard InChI is InChI=1S/C20H26N4O4S/c1-12-5-7-23(8-6-12)16(18-19(25)24-20(29-18)21-11-22-24)13-9-14(26-2)17(28-4)15(10-13)27-3/h9-12,16,18H,5-8H2,1-4H3. The van der Waals surface area contributed by atoms with E-state index in [1.807, 2.05) is 12.1 Å². The summed E-state index contributed by atoms with van der Waals surface area (Å²) in [5.41, 5.74) is 0.964. The van der Waals surface area contributed by atoms with E-state index in [9.17, 15) is 4.79 Å². The van der Waals surface area contributed by atoms with Gasteiger partial charge in [0.1, 0.15) is 11.6 Å². The van der Waals surface area contributed by atoms with Crippen LogP contribution in [0.5, 0.6) is 17.2 Å². The minimum Gasteiger partial charge on any atom is -0.493 e. The molecular weight excluding hydrogens is 392 g/mol. The summed E-state index contributed by atoms with van der Waals surface area (Å²) in [6.07, 6.45) is 3.64. The van der Waals surface area contributed by atoms with Crippen LogP contribution < -0.4 is 14.2 Å². The molecule has 0 amide bonds. The Morgan fingerprint density at radius 1 is 1.10 bits per heavy atom. The van der Waals surface area contributed by atoms with Gasteiger partial charge in [-0.3, -0.25) is 9.69 Å². The average Bonchev–Trinajstić information content (AvgIpc) is 3.32. The smallest absolute Gasteiger partial charge is 0.264 e. The number of carbonyl (C=O) groups excluding carboxylic acids is 1. The number of benzene rings is 1. The Morgan fingerprint density at radius 2 is 1.76 bits per heavy atom. The molecular formula is C20H26N4O4S. The van der Waals surface area contributed by atoms with Crippen LogP contribution in [0.3, 0.4) is 0 Å². The predicted octanol–water partition coefficient (Wildman–Crippen LogP) is 2.89. The number of rotatable bonds is 6. The molecule has 0 N–H and O–H groups in total. The Kier molecular flexibility index (Phi) is 5.69. The van der Waals surface area contributed by atoms with Crippen molar-refractivity contribution in [2.24, 2.45) is 5.92 Å². The highest BCUT2D eigenvalue weighted by Crippen LogP contribution is 2.46. The number of nitrogens with zero attached hydrogens (tertiary/aromatic N) is 4. The molecule has 2 aliphatic heterocycles. The fourth-order valence-electron chi connectivity index (χ4n) is 4.10. The van der Waals surface area contributed by atoms with E-state index in [1.54, 1.807) is 21.3 Å². The summed E-state index contributed by atoms with van der Waals surface area (Å²) in [6.45, 7) is 4.14. The maximum Gasteiger partial charge on any atom is 0.264 e. The first-order valence-electron chi connectivity index (χ1n) is 9.72. The van der Waals surface area contributed by atoms with Gasteiger partial charge in [0.25, 0.3) is 5.91 Å². The Morgan fingerprint density at radius 3 is 2.31 bits per heavy atom. The number of piperidine rings is 1. The zero-order valence-electron chi connectivity index (χ0n) is 17.1. The molecule has 9 heteroatoms. The zero-order valence-corrected chi connectivity index (χ0v) is 17.9. The lowest BCUT2D eigenvalue weighted by Gasteiger charge is -2.39. The van der Waals surface area contributed by atoms with Gasteiger partial charge in [-0.2, -0.15) is 9.78 Å². The van der Waals surface area contributed by atoms with Gasteiger partial charge >= 0.3 is 0 Å². The molecule has 29 heavy (non-hydrogen) atoms. The van der Waals surface area contributed by atoms with E-state index in [0.717, 1.165) is 31.5 Å². The summed E-state index contributed by atoms with van der Waals surface area (Å²) in [5.74, 6) is 2.37. The molecule has 1 aromatic carbocycles. The number of hydrogen-bond acceptors (Lipinski definition) is 8. The molecule has 1 aromatic heterocycles. The van der Waals surface area contributed by atoms with Gasteiger partial charge in [0.15, 0.2) is 16.7 Å². The number of hydrogen-bond donors (Lipinski definition) is 0. The molecule has 1 saturated heterocycles. The highest BCUT2D eigenvalue weighted by atomic mass is 32.2. The van der Waals surface area contributed by atoms with E-state index in [4.69, 9.17) is 14.2 Å². The van der Waals surface area contributed by atoms with E-state index in [-0.39, 0.29) is 17.2 Å². The lowest BCUT2D eigenvalue weighted by Crippen LogP contribution is -2.42. The van der Waals surface area contributed by atoms with Crippen LogP contribution in [0.4, 0.5) is 0 Å². The summed E-state index contributed by atoms with van der Waals surface area (Å²) >= 11 is 1.47. The second-order valence-corrected chi connectivity index (χ2v) is 8.56. The first kappa shape index (κ1) is 20.0. The molecule has 2 aromatic rings. The van der Waals surface area contributed by atoms with Gasteiger partial charge in [0.05, 0.1) is 27.4 Å². The highest BCUT2D eigenvalue weighted by Gasteiger charge is 2.43. The molecule has 1 fully saturated rings. The SMILES string of the molecule is COc1cc(C(C2Sc3ncnn3C2=O)N2CCC(C)CC2)cc(OC)c1OC. The van der Waals surface area contributed by atoms with E-state index in [1.165, 1.54) is 22.8 Å². The third-order valence-corrected chi connectivity index (χ3v) is 6.93. The quantitative estimate of drug-likeness (QED) is 0.709. The van der Waals surface area contributed by atoms with E-state index >= 15 is 0 Å². The molecule has 2 aliphatic rings. The summed E-state index contributed by atoms with van der Waals surface area (Å²) in [5, 5.41) is 4.41. The van der Waals surface area contributed by atoms with Crippen molar-refractivity contribution < 1.29 is 19.0 Å². The van der Waals surface area contributed by atoms with Crippen molar-refractivity contribution in [3.8, 4) is 17.2 Å². The van der Waals surface area contributed by atoms with E-state index in [0.29, 0.717) is 28.3 Å². The van der Waals surface area contributed by atoms with Crippen molar-refractivity contribution >= 4 is 17.7 Å². The third kappa shape index (κ3) is 3.57. The monoisotopic (exact) mass is 418 g/mol. The fraction of sp³-hybridized carbons (Fsp3) is 0.550. The van der Waals surface area contributed by atoms with Crippen molar-refractivity contribution in [3.05, 3.63) is 24.0 Å². The predicted molar refractivity (Wildman–Crippen MR) is 109 cm³/mol. The van der Waals surface area contributed by atoms with Crippen molar-refractivity contribution in [1.82, 2.24) is 19.7 Å². The van der Waals surface area contributed by atoms with Crippen molar-refractivity contribution in [1.29, 1.82) is 0 Å². The Bertz CT molecular complexity index is 869. The third-order valence-electron chi connectivity index (χ3n) is 5.73. The maximum absolute atomic E-state index is 13.1. The first-order chi connectivity index (χ1) is 14.1. The normalized spacial score (nSPS) is 21.1. The van der Waals surface area contributed by atoms with E-state index < -0.39 is 0 Å². The molecule has 0 aliphatic carbocycles. The van der Waals surface area contributed by atoms with Crippen LogP contribution in [-0.2, 0) is 0 Å². The molecule has 4 rings (SSSR count). The topological polar surface area (TPSA) is 78.7 Å². The van der Waals surface area contributed by atoms with Gasteiger partial charge in [-0.1, -0.05) is 18.7 Å². The van der Waals surface area contributed by atoms with Crippen LogP contribution >= 0.6 is 11.8 Å². The molecule has 0 bridgehead atoms. The number of thioether (sulfide) groups is 1. The summed E-state index contributed by atoms with van der Waals surface area (Å²) in [7, 11) is 4.80. The van der Waals surface area contributed by atoms with Gasteiger partial charge in [0.2, 0.25) is 5.75 Å². The molecule has 156 valence electrons. The maximum atomic E-state index is 13.1. The summed E-state index contributed by atoms with van der Waals surface area (Å²) in [6, 6.07) is 3.76. The number of likely N-dealkylation sites (tertiary alicyclic amines) is 1. The lowest BCUT2D eigenvalue weighted by molar-refractivity contribution is 0.0799. The zero-order chi connectivity index (χ0) is 20.5. The van der Waals surface area contributed by atoms with Gasteiger partial charge in [-0.05, 0) is 49.5 Å². The molecule has 8 nitrogen and oxygen atoms in total. The van der Waals surface area contributed by atoms with Crippen LogP contribution in [0.2, 0.25) is 0 Å². The summed E-state index contributed by atoms with van der Waals surface area (Å²) in [4.78, 5) is 19.8. The molecule has 0 radical (unpaired) electrons. The molecule has 2 atom stereocenters. The van der Waals surface area contributed by atoms with Gasteiger partial charge in [-0.15, -0.1) is 0 Å². The van der Waals surface area contributed by atoms with Crippen LogP contribution in [-0.4, -0.2) is 65.2 Å². The number of carbonyl (C=O) groups is 1. The fourth-order valence-corrected chi connectivity index (χ4v) is 5.33. The summed E-state index contributed by atoms with van der Waals surface area (Å²) < 4.78 is 18.0. The van der Waals surface area contributed by atoms with Crippen LogP contribution in [0.25, 0.3) is 0 Å². The van der Waals surface area contributed by atoms with Crippen molar-refractivity contribution in [2.45, 2.75) is 36.2 Å². The van der Waals surface area contributed by atoms with Crippen LogP contribution in [0.15, 0.2) is 23.6 Å². The molecule has 3 heterocycles. The second-order valence-electron chi connectivity index (χ2n) is 7.45. The average molecular weight is 419 g/mol. The number of ether oxygens (including phenoxy) is 3. The largest absolute Gasteiger partial charge is 0.493 e. The number of aromatic nitrogens is 3. The van der Waals surface area contributed by atoms with Crippen LogP contribution in [0.1, 0.15) is 36.2 Å². The minimum atomic E-state index is -0.331. The molecule has 2 unspecified atom stereocenters. The lowest BCUT2D eigenvalue weighted by atomic mass is 9.93. The van der Waals surface area contributed by atoms with Gasteiger partial charge in [-0.25, -0.2) is 4.98 Å². The van der Waals surface area contributed by atoms with Crippen molar-refractivity contribution in [3.63, 3.8) is 0 Å². The minimum absolute atomic E-state index is 0.0418. The van der Waals surface area contributed by atoms with Crippen LogP contribution in [0, 0.1) is 5.92 Å².